The van der Waals surface area contributed by atoms with Crippen LogP contribution in [-0.4, -0.2) is 16.9 Å². The Morgan fingerprint density at radius 2 is 1.75 bits per heavy atom. The lowest BCUT2D eigenvalue weighted by Gasteiger charge is -2.13. The van der Waals surface area contributed by atoms with E-state index in [4.69, 9.17) is 28.2 Å². The van der Waals surface area contributed by atoms with Gasteiger partial charge in [0.1, 0.15) is 0 Å². The van der Waals surface area contributed by atoms with Crippen LogP contribution in [0, 0.1) is 6.92 Å². The smallest absolute Gasteiger partial charge is 0.291 e. The van der Waals surface area contributed by atoms with Crippen LogP contribution in [0.15, 0.2) is 65.3 Å². The van der Waals surface area contributed by atoms with E-state index in [1.807, 2.05) is 13.0 Å². The van der Waals surface area contributed by atoms with Crippen LogP contribution >= 0.6 is 23.8 Å². The van der Waals surface area contributed by atoms with Gasteiger partial charge in [-0.2, -0.15) is 0 Å². The van der Waals surface area contributed by atoms with E-state index in [2.05, 4.69) is 16.0 Å². The van der Waals surface area contributed by atoms with Crippen molar-refractivity contribution in [2.24, 2.45) is 0 Å². The van der Waals surface area contributed by atoms with Gasteiger partial charge in [0.15, 0.2) is 10.9 Å². The molecule has 0 saturated heterocycles. The summed E-state index contributed by atoms with van der Waals surface area (Å²) in [7, 11) is 0. The van der Waals surface area contributed by atoms with Crippen molar-refractivity contribution in [2.75, 3.05) is 10.6 Å². The molecule has 0 fully saturated rings. The van der Waals surface area contributed by atoms with E-state index in [0.717, 1.165) is 5.56 Å². The Hall–Kier alpha value is -3.16. The van der Waals surface area contributed by atoms with Crippen LogP contribution in [0.25, 0.3) is 0 Å². The Kier molecular flexibility index (Phi) is 6.08. The molecule has 1 aromatic heterocycles. The fourth-order valence-electron chi connectivity index (χ4n) is 2.36. The third kappa shape index (κ3) is 4.97. The molecule has 6 nitrogen and oxygen atoms in total. The fourth-order valence-corrected chi connectivity index (χ4v) is 2.69. The number of furan rings is 1. The second-order valence-electron chi connectivity index (χ2n) is 5.88. The zero-order chi connectivity index (χ0) is 20.1. The SMILES string of the molecule is Cc1ccc(NC(=O)c2ccco2)cc1NC(=S)NC(=O)c1ccc(Cl)cc1. The Morgan fingerprint density at radius 1 is 1.00 bits per heavy atom. The first-order valence-electron chi connectivity index (χ1n) is 8.26. The molecule has 0 saturated carbocycles. The number of carbonyl (C=O) groups excluding carboxylic acids is 2. The minimum atomic E-state index is -0.363. The molecule has 0 aliphatic heterocycles. The van der Waals surface area contributed by atoms with E-state index in [0.29, 0.717) is 22.0 Å². The molecule has 28 heavy (non-hydrogen) atoms. The summed E-state index contributed by atoms with van der Waals surface area (Å²) in [4.78, 5) is 24.3. The summed E-state index contributed by atoms with van der Waals surface area (Å²) in [6.07, 6.45) is 1.43. The van der Waals surface area contributed by atoms with Crippen LogP contribution in [0.2, 0.25) is 5.02 Å². The predicted octanol–water partition coefficient (Wildman–Crippen LogP) is 4.62. The highest BCUT2D eigenvalue weighted by molar-refractivity contribution is 7.80. The second-order valence-corrected chi connectivity index (χ2v) is 6.72. The van der Waals surface area contributed by atoms with Crippen molar-refractivity contribution < 1.29 is 14.0 Å². The first kappa shape index (κ1) is 19.6. The topological polar surface area (TPSA) is 83.4 Å². The van der Waals surface area contributed by atoms with Gasteiger partial charge >= 0.3 is 0 Å². The number of amides is 2. The van der Waals surface area contributed by atoms with Crippen molar-refractivity contribution in [1.29, 1.82) is 0 Å². The molecule has 142 valence electrons. The van der Waals surface area contributed by atoms with Crippen molar-refractivity contribution in [2.45, 2.75) is 6.92 Å². The third-order valence-electron chi connectivity index (χ3n) is 3.82. The summed E-state index contributed by atoms with van der Waals surface area (Å²) in [6, 6.07) is 15.0. The highest BCUT2D eigenvalue weighted by atomic mass is 35.5. The van der Waals surface area contributed by atoms with E-state index in [-0.39, 0.29) is 22.7 Å². The summed E-state index contributed by atoms with van der Waals surface area (Å²) < 4.78 is 5.07. The zero-order valence-corrected chi connectivity index (χ0v) is 16.4. The van der Waals surface area contributed by atoms with Crippen LogP contribution in [0.1, 0.15) is 26.5 Å². The Balaban J connectivity index is 1.66. The van der Waals surface area contributed by atoms with E-state index >= 15 is 0 Å². The molecule has 0 aliphatic rings. The number of hydrogen-bond donors (Lipinski definition) is 3. The van der Waals surface area contributed by atoms with Crippen molar-refractivity contribution in [3.8, 4) is 0 Å². The Bertz CT molecular complexity index is 1020. The second kappa shape index (κ2) is 8.69. The maximum absolute atomic E-state index is 12.2. The van der Waals surface area contributed by atoms with Gasteiger partial charge in [0.25, 0.3) is 11.8 Å². The molecule has 8 heteroatoms. The van der Waals surface area contributed by atoms with Gasteiger partial charge in [0.2, 0.25) is 0 Å². The van der Waals surface area contributed by atoms with Gasteiger partial charge < -0.3 is 15.1 Å². The van der Waals surface area contributed by atoms with Crippen LogP contribution in [0.3, 0.4) is 0 Å². The van der Waals surface area contributed by atoms with E-state index < -0.39 is 0 Å². The molecule has 0 aliphatic carbocycles. The monoisotopic (exact) mass is 413 g/mol. The van der Waals surface area contributed by atoms with Gasteiger partial charge in [-0.05, 0) is 73.2 Å². The molecule has 0 bridgehead atoms. The lowest BCUT2D eigenvalue weighted by Crippen LogP contribution is -2.34. The van der Waals surface area contributed by atoms with Gasteiger partial charge in [-0.3, -0.25) is 14.9 Å². The van der Waals surface area contributed by atoms with Gasteiger partial charge in [-0.15, -0.1) is 0 Å². The number of thiocarbonyl (C=S) groups is 1. The summed E-state index contributed by atoms with van der Waals surface area (Å²) in [5, 5.41) is 9.00. The van der Waals surface area contributed by atoms with Crippen LogP contribution in [-0.2, 0) is 0 Å². The van der Waals surface area contributed by atoms with Crippen molar-refractivity contribution in [1.82, 2.24) is 5.32 Å². The highest BCUT2D eigenvalue weighted by Gasteiger charge is 2.12. The quantitative estimate of drug-likeness (QED) is 0.543. The number of anilines is 2. The number of rotatable bonds is 4. The average Bonchev–Trinajstić information content (AvgIpc) is 3.20. The summed E-state index contributed by atoms with van der Waals surface area (Å²) in [5.74, 6) is -0.506. The molecule has 0 unspecified atom stereocenters. The molecule has 1 heterocycles. The van der Waals surface area contributed by atoms with Crippen molar-refractivity contribution in [3.63, 3.8) is 0 Å². The average molecular weight is 414 g/mol. The molecular formula is C20H16ClN3O3S. The Morgan fingerprint density at radius 3 is 2.43 bits per heavy atom. The van der Waals surface area contributed by atoms with Crippen molar-refractivity contribution >= 4 is 52.1 Å². The molecule has 0 spiro atoms. The number of aryl methyl sites for hydroxylation is 1. The Labute approximate surface area is 171 Å². The number of halogens is 1. The lowest BCUT2D eigenvalue weighted by molar-refractivity contribution is 0.0975. The maximum Gasteiger partial charge on any atom is 0.291 e. The van der Waals surface area contributed by atoms with Crippen molar-refractivity contribution in [3.05, 3.63) is 82.8 Å². The molecule has 3 aromatic rings. The number of hydrogen-bond acceptors (Lipinski definition) is 4. The summed E-state index contributed by atoms with van der Waals surface area (Å²) in [5.41, 5.74) is 2.53. The van der Waals surface area contributed by atoms with E-state index in [1.165, 1.54) is 6.26 Å². The first-order chi connectivity index (χ1) is 13.4. The first-order valence-corrected chi connectivity index (χ1v) is 9.04. The molecule has 3 N–H and O–H groups in total. The third-order valence-corrected chi connectivity index (χ3v) is 4.28. The molecule has 2 aromatic carbocycles. The van der Waals surface area contributed by atoms with Crippen LogP contribution < -0.4 is 16.0 Å². The number of benzene rings is 2. The largest absolute Gasteiger partial charge is 0.459 e. The van der Waals surface area contributed by atoms with Crippen LogP contribution in [0.5, 0.6) is 0 Å². The normalized spacial score (nSPS) is 10.2. The lowest BCUT2D eigenvalue weighted by atomic mass is 10.1. The van der Waals surface area contributed by atoms with Gasteiger partial charge in [-0.25, -0.2) is 0 Å². The molecule has 0 radical (unpaired) electrons. The summed E-state index contributed by atoms with van der Waals surface area (Å²) in [6.45, 7) is 1.88. The van der Waals surface area contributed by atoms with Gasteiger partial charge in [0, 0.05) is 22.0 Å². The zero-order valence-electron chi connectivity index (χ0n) is 14.8. The standard InChI is InChI=1S/C20H16ClN3O3S/c1-12-4-9-15(22-19(26)17-3-2-10-27-17)11-16(12)23-20(28)24-18(25)13-5-7-14(21)8-6-13/h2-11H,1H3,(H,22,26)(H2,23,24,25,28). The molecule has 3 rings (SSSR count). The molecular weight excluding hydrogens is 398 g/mol. The maximum atomic E-state index is 12.2. The minimum Gasteiger partial charge on any atom is -0.459 e. The minimum absolute atomic E-state index is 0.137. The van der Waals surface area contributed by atoms with Gasteiger partial charge in [-0.1, -0.05) is 17.7 Å². The number of nitrogens with one attached hydrogen (secondary N) is 3. The number of carbonyl (C=O) groups is 2. The fraction of sp³-hybridized carbons (Fsp3) is 0.0500. The summed E-state index contributed by atoms with van der Waals surface area (Å²) >= 11 is 11.0. The molecule has 0 atom stereocenters. The van der Waals surface area contributed by atoms with Gasteiger partial charge in [0.05, 0.1) is 6.26 Å². The highest BCUT2D eigenvalue weighted by Crippen LogP contribution is 2.21. The van der Waals surface area contributed by atoms with Crippen LogP contribution in [0.4, 0.5) is 11.4 Å². The van der Waals surface area contributed by atoms with E-state index in [1.54, 1.807) is 48.5 Å². The molecule has 2 amide bonds. The van der Waals surface area contributed by atoms with E-state index in [9.17, 15) is 9.59 Å². The predicted molar refractivity (Wildman–Crippen MR) is 113 cm³/mol.